The molecule has 1 aliphatic carbocycles. The van der Waals surface area contributed by atoms with Gasteiger partial charge >= 0.3 is 5.97 Å². The molecule has 0 aliphatic heterocycles. The molecule has 0 N–H and O–H groups in total. The average molecular weight is 442 g/mol. The van der Waals surface area contributed by atoms with Gasteiger partial charge in [-0.1, -0.05) is 29.8 Å². The van der Waals surface area contributed by atoms with Gasteiger partial charge in [0, 0.05) is 28.2 Å². The van der Waals surface area contributed by atoms with Gasteiger partial charge in [-0.2, -0.15) is 8.42 Å². The van der Waals surface area contributed by atoms with Crippen molar-refractivity contribution in [1.29, 1.82) is 0 Å². The standard InChI is InChI=1S/C19H24ClN3O5S/c1-22(2)13-21-29(25,26)17-12-14(18(24)27-5)11-16(23(3)4)19(17,20)28-15-9-7-6-8-10-15/h6-14H,1-5H3. The quantitative estimate of drug-likeness (QED) is 0.277. The number of alkyl halides is 1. The van der Waals surface area contributed by atoms with Gasteiger partial charge in [0.15, 0.2) is 0 Å². The highest BCUT2D eigenvalue weighted by Crippen LogP contribution is 2.44. The van der Waals surface area contributed by atoms with Crippen LogP contribution in [0.4, 0.5) is 0 Å². The molecule has 158 valence electrons. The van der Waals surface area contributed by atoms with Crippen molar-refractivity contribution < 1.29 is 22.7 Å². The molecule has 2 atom stereocenters. The maximum absolute atomic E-state index is 13.1. The van der Waals surface area contributed by atoms with E-state index >= 15 is 0 Å². The molecule has 2 unspecified atom stereocenters. The van der Waals surface area contributed by atoms with Crippen LogP contribution in [0.5, 0.6) is 5.75 Å². The number of sulfonamides is 1. The van der Waals surface area contributed by atoms with E-state index in [1.807, 2.05) is 0 Å². The molecule has 0 saturated heterocycles. The molecule has 0 bridgehead atoms. The second-order valence-electron chi connectivity index (χ2n) is 6.70. The molecule has 2 rings (SSSR count). The van der Waals surface area contributed by atoms with Gasteiger partial charge in [-0.05, 0) is 24.3 Å². The lowest BCUT2D eigenvalue weighted by atomic mass is 9.97. The van der Waals surface area contributed by atoms with Crippen LogP contribution in [-0.2, 0) is 19.6 Å². The number of likely N-dealkylation sites (N-methyl/N-ethyl adjacent to an activating group) is 1. The summed E-state index contributed by atoms with van der Waals surface area (Å²) in [5, 5.41) is -1.93. The number of halogens is 1. The number of ether oxygens (including phenoxy) is 2. The van der Waals surface area contributed by atoms with E-state index in [-0.39, 0.29) is 10.6 Å². The van der Waals surface area contributed by atoms with Crippen LogP contribution in [0.25, 0.3) is 0 Å². The van der Waals surface area contributed by atoms with Crippen molar-refractivity contribution in [1.82, 2.24) is 9.80 Å². The number of nitrogens with zero attached hydrogens (tertiary/aromatic N) is 3. The summed E-state index contributed by atoms with van der Waals surface area (Å²) in [5.74, 6) is -1.25. The first-order valence-electron chi connectivity index (χ1n) is 8.61. The Hall–Kier alpha value is -2.52. The van der Waals surface area contributed by atoms with Gasteiger partial charge in [0.2, 0.25) is 0 Å². The third-order valence-electron chi connectivity index (χ3n) is 3.97. The Bertz CT molecular complexity index is 942. The second kappa shape index (κ2) is 8.87. The van der Waals surface area contributed by atoms with Crippen molar-refractivity contribution in [3.05, 3.63) is 53.1 Å². The zero-order valence-electron chi connectivity index (χ0n) is 16.9. The van der Waals surface area contributed by atoms with Crippen LogP contribution in [0.15, 0.2) is 57.5 Å². The van der Waals surface area contributed by atoms with Gasteiger partial charge in [0.05, 0.1) is 18.7 Å². The molecule has 0 spiro atoms. The third kappa shape index (κ3) is 5.10. The lowest BCUT2D eigenvalue weighted by Gasteiger charge is -2.38. The highest BCUT2D eigenvalue weighted by atomic mass is 35.5. The molecule has 0 saturated carbocycles. The number of esters is 1. The largest absolute Gasteiger partial charge is 0.468 e. The highest BCUT2D eigenvalue weighted by Gasteiger charge is 2.50. The van der Waals surface area contributed by atoms with Crippen molar-refractivity contribution in [2.45, 2.75) is 5.06 Å². The fourth-order valence-electron chi connectivity index (χ4n) is 2.65. The average Bonchev–Trinajstić information content (AvgIpc) is 2.66. The van der Waals surface area contributed by atoms with Gasteiger partial charge < -0.3 is 19.3 Å². The molecule has 0 amide bonds. The Morgan fingerprint density at radius 1 is 1.17 bits per heavy atom. The molecule has 29 heavy (non-hydrogen) atoms. The van der Waals surface area contributed by atoms with Crippen LogP contribution >= 0.6 is 11.6 Å². The Labute approximate surface area is 176 Å². The molecular formula is C19H24ClN3O5S. The summed E-state index contributed by atoms with van der Waals surface area (Å²) in [6.45, 7) is 0. The maximum atomic E-state index is 13.1. The maximum Gasteiger partial charge on any atom is 0.316 e. The van der Waals surface area contributed by atoms with Crippen molar-refractivity contribution >= 4 is 33.9 Å². The third-order valence-corrected chi connectivity index (χ3v) is 5.90. The lowest BCUT2D eigenvalue weighted by Crippen LogP contribution is -2.45. The van der Waals surface area contributed by atoms with Crippen LogP contribution < -0.4 is 4.74 Å². The number of rotatable bonds is 7. The van der Waals surface area contributed by atoms with Crippen molar-refractivity contribution in [2.24, 2.45) is 10.3 Å². The summed E-state index contributed by atoms with van der Waals surface area (Å²) in [7, 11) is 3.53. The number of methoxy groups -OCH3 is 1. The summed E-state index contributed by atoms with van der Waals surface area (Å²) in [4.78, 5) is 14.9. The van der Waals surface area contributed by atoms with Gasteiger partial charge in [-0.25, -0.2) is 0 Å². The first kappa shape index (κ1) is 22.8. The first-order chi connectivity index (χ1) is 13.5. The zero-order valence-corrected chi connectivity index (χ0v) is 18.4. The predicted octanol–water partition coefficient (Wildman–Crippen LogP) is 2.05. The molecular weight excluding hydrogens is 418 g/mol. The van der Waals surface area contributed by atoms with E-state index in [9.17, 15) is 13.2 Å². The van der Waals surface area contributed by atoms with Gasteiger partial charge in [0.1, 0.15) is 17.0 Å². The number of carbonyl (C=O) groups excluding carboxylic acids is 1. The SMILES string of the molecule is COC(=O)C1C=C(N(C)C)C(Cl)(Oc2ccccc2)C(S(=O)(=O)N=CN(C)C)=C1. The summed E-state index contributed by atoms with van der Waals surface area (Å²) in [6.07, 6.45) is 3.85. The number of carbonyl (C=O) groups is 1. The molecule has 0 fully saturated rings. The predicted molar refractivity (Wildman–Crippen MR) is 112 cm³/mol. The first-order valence-corrected chi connectivity index (χ1v) is 10.4. The Balaban J connectivity index is 2.69. The van der Waals surface area contributed by atoms with E-state index in [0.717, 1.165) is 6.34 Å². The van der Waals surface area contributed by atoms with Gasteiger partial charge in [-0.15, -0.1) is 4.40 Å². The topological polar surface area (TPSA) is 88.5 Å². The fourth-order valence-corrected chi connectivity index (χ4v) is 4.55. The molecule has 0 aromatic heterocycles. The van der Waals surface area contributed by atoms with Crippen LogP contribution in [0.1, 0.15) is 0 Å². The number of hydrogen-bond acceptors (Lipinski definition) is 6. The van der Waals surface area contributed by atoms with E-state index in [1.165, 1.54) is 24.2 Å². The summed E-state index contributed by atoms with van der Waals surface area (Å²) in [5.41, 5.74) is 0.263. The van der Waals surface area contributed by atoms with E-state index in [1.54, 1.807) is 63.4 Å². The van der Waals surface area contributed by atoms with E-state index < -0.39 is 27.0 Å². The van der Waals surface area contributed by atoms with E-state index in [4.69, 9.17) is 21.1 Å². The minimum atomic E-state index is -4.29. The van der Waals surface area contributed by atoms with Crippen molar-refractivity contribution in [3.8, 4) is 5.75 Å². The normalized spacial score (nSPS) is 21.9. The van der Waals surface area contributed by atoms with Crippen molar-refractivity contribution in [2.75, 3.05) is 35.3 Å². The van der Waals surface area contributed by atoms with Crippen LogP contribution in [0, 0.1) is 5.92 Å². The summed E-state index contributed by atoms with van der Waals surface area (Å²) in [6, 6.07) is 8.56. The number of para-hydroxylation sites is 1. The number of hydrogen-bond donors (Lipinski definition) is 0. The molecule has 0 radical (unpaired) electrons. The molecule has 8 nitrogen and oxygen atoms in total. The van der Waals surface area contributed by atoms with E-state index in [2.05, 4.69) is 4.40 Å². The monoisotopic (exact) mass is 441 g/mol. The molecule has 0 heterocycles. The Morgan fingerprint density at radius 3 is 2.31 bits per heavy atom. The van der Waals surface area contributed by atoms with Crippen LogP contribution in [0.2, 0.25) is 0 Å². The molecule has 1 aromatic carbocycles. The van der Waals surface area contributed by atoms with Gasteiger partial charge in [0.25, 0.3) is 15.1 Å². The van der Waals surface area contributed by atoms with Crippen LogP contribution in [0.3, 0.4) is 0 Å². The second-order valence-corrected chi connectivity index (χ2v) is 8.83. The van der Waals surface area contributed by atoms with E-state index in [0.29, 0.717) is 5.75 Å². The lowest BCUT2D eigenvalue weighted by molar-refractivity contribution is -0.142. The molecule has 1 aliphatic rings. The zero-order chi connectivity index (χ0) is 21.8. The summed E-state index contributed by atoms with van der Waals surface area (Å²) < 4.78 is 40.5. The van der Waals surface area contributed by atoms with Crippen molar-refractivity contribution in [3.63, 3.8) is 0 Å². The summed E-state index contributed by atoms with van der Waals surface area (Å²) >= 11 is 6.83. The molecule has 10 heteroatoms. The minimum Gasteiger partial charge on any atom is -0.468 e. The smallest absolute Gasteiger partial charge is 0.316 e. The fraction of sp³-hybridized carbons (Fsp3) is 0.368. The molecule has 1 aromatic rings. The van der Waals surface area contributed by atoms with Gasteiger partial charge in [-0.3, -0.25) is 4.79 Å². The highest BCUT2D eigenvalue weighted by molar-refractivity contribution is 7.94. The Kier molecular flexibility index (Phi) is 6.97. The number of benzene rings is 1. The van der Waals surface area contributed by atoms with Crippen LogP contribution in [-0.4, -0.2) is 70.9 Å². The Morgan fingerprint density at radius 2 is 1.79 bits per heavy atom. The minimum absolute atomic E-state index is 0.263.